The van der Waals surface area contributed by atoms with Crippen LogP contribution in [0.3, 0.4) is 0 Å². The maximum absolute atomic E-state index is 13.2. The lowest BCUT2D eigenvalue weighted by molar-refractivity contribution is -0.139. The number of nitrogens with one attached hydrogen (secondary N) is 1. The molecule has 0 saturated carbocycles. The summed E-state index contributed by atoms with van der Waals surface area (Å²) >= 11 is 11.3. The van der Waals surface area contributed by atoms with E-state index in [1.54, 1.807) is 16.7 Å². The van der Waals surface area contributed by atoms with Crippen molar-refractivity contribution in [2.24, 2.45) is 0 Å². The van der Waals surface area contributed by atoms with Gasteiger partial charge in [0.1, 0.15) is 6.04 Å². The molecule has 2 rings (SSSR count). The van der Waals surface area contributed by atoms with Gasteiger partial charge in [-0.3, -0.25) is 9.59 Å². The molecule has 0 aliphatic heterocycles. The van der Waals surface area contributed by atoms with E-state index in [-0.39, 0.29) is 17.9 Å². The summed E-state index contributed by atoms with van der Waals surface area (Å²) in [5, 5.41) is 3.62. The quantitative estimate of drug-likeness (QED) is 0.388. The number of hydrogen-bond acceptors (Lipinski definition) is 3. The Bertz CT molecular complexity index is 863. The zero-order chi connectivity index (χ0) is 22.8. The van der Waals surface area contributed by atoms with Gasteiger partial charge in [0.15, 0.2) is 0 Å². The van der Waals surface area contributed by atoms with Crippen LogP contribution in [0.15, 0.2) is 53.0 Å². The summed E-state index contributed by atoms with van der Waals surface area (Å²) in [4.78, 5) is 27.9. The average molecular weight is 526 g/mol. The summed E-state index contributed by atoms with van der Waals surface area (Å²) in [6, 6.07) is 15.1. The maximum Gasteiger partial charge on any atom is 0.243 e. The van der Waals surface area contributed by atoms with E-state index < -0.39 is 6.04 Å². The second-order valence-electron chi connectivity index (χ2n) is 7.47. The van der Waals surface area contributed by atoms with Crippen molar-refractivity contribution in [3.05, 3.63) is 69.2 Å². The number of hydrogen-bond donors (Lipinski definition) is 1. The van der Waals surface area contributed by atoms with Gasteiger partial charge in [-0.05, 0) is 49.1 Å². The van der Waals surface area contributed by atoms with Crippen LogP contribution in [0, 0.1) is 0 Å². The number of carbonyl (C=O) groups is 2. The predicted molar refractivity (Wildman–Crippen MR) is 134 cm³/mol. The van der Waals surface area contributed by atoms with Gasteiger partial charge in [-0.25, -0.2) is 0 Å². The highest BCUT2D eigenvalue weighted by Gasteiger charge is 2.29. The minimum absolute atomic E-state index is 0.0607. The molecule has 0 unspecified atom stereocenters. The molecule has 2 aromatic carbocycles. The number of benzene rings is 2. The smallest absolute Gasteiger partial charge is 0.243 e. The van der Waals surface area contributed by atoms with Gasteiger partial charge in [-0.2, -0.15) is 0 Å². The monoisotopic (exact) mass is 524 g/mol. The fourth-order valence-corrected chi connectivity index (χ4v) is 4.42. The Hall–Kier alpha value is -1.50. The third-order valence-corrected chi connectivity index (χ3v) is 6.98. The summed E-state index contributed by atoms with van der Waals surface area (Å²) in [7, 11) is 0. The molecule has 0 aliphatic rings. The first-order valence-corrected chi connectivity index (χ1v) is 12.8. The van der Waals surface area contributed by atoms with Crippen LogP contribution in [0.5, 0.6) is 0 Å². The first kappa shape index (κ1) is 25.8. The molecule has 0 fully saturated rings. The van der Waals surface area contributed by atoms with Crippen LogP contribution in [-0.4, -0.2) is 34.6 Å². The molecular formula is C24H30BrClN2O2S. The number of nitrogens with zero attached hydrogens (tertiary/aromatic N) is 1. The average Bonchev–Trinajstić information content (AvgIpc) is 2.76. The molecule has 2 amide bonds. The summed E-state index contributed by atoms with van der Waals surface area (Å²) in [5.74, 6) is 0.853. The number of thioether (sulfide) groups is 1. The first-order valence-electron chi connectivity index (χ1n) is 10.5. The summed E-state index contributed by atoms with van der Waals surface area (Å²) < 4.78 is 1.03. The molecule has 0 aromatic heterocycles. The van der Waals surface area contributed by atoms with E-state index in [1.165, 1.54) is 0 Å². The van der Waals surface area contributed by atoms with Crippen molar-refractivity contribution in [3.63, 3.8) is 0 Å². The molecule has 168 valence electrons. The Morgan fingerprint density at radius 1 is 1.10 bits per heavy atom. The third-order valence-electron chi connectivity index (χ3n) is 5.09. The summed E-state index contributed by atoms with van der Waals surface area (Å²) in [6.45, 7) is 6.24. The van der Waals surface area contributed by atoms with Gasteiger partial charge in [-0.15, -0.1) is 11.8 Å². The molecule has 0 aliphatic carbocycles. The predicted octanol–water partition coefficient (Wildman–Crippen LogP) is 6.06. The normalized spacial score (nSPS) is 12.8. The lowest BCUT2D eigenvalue weighted by Crippen LogP contribution is -2.51. The number of amides is 2. The van der Waals surface area contributed by atoms with Crippen LogP contribution in [0.25, 0.3) is 0 Å². The number of rotatable bonds is 11. The van der Waals surface area contributed by atoms with Crippen molar-refractivity contribution in [1.82, 2.24) is 10.2 Å². The van der Waals surface area contributed by atoms with Gasteiger partial charge in [0, 0.05) is 27.8 Å². The second kappa shape index (κ2) is 13.1. The molecule has 2 aromatic rings. The highest BCUT2D eigenvalue weighted by molar-refractivity contribution is 9.10. The fourth-order valence-electron chi connectivity index (χ4n) is 3.09. The van der Waals surface area contributed by atoms with Crippen molar-refractivity contribution in [2.45, 2.75) is 58.0 Å². The first-order chi connectivity index (χ1) is 14.8. The van der Waals surface area contributed by atoms with Crippen LogP contribution >= 0.6 is 39.3 Å². The largest absolute Gasteiger partial charge is 0.352 e. The Morgan fingerprint density at radius 2 is 1.77 bits per heavy atom. The molecule has 31 heavy (non-hydrogen) atoms. The van der Waals surface area contributed by atoms with E-state index in [4.69, 9.17) is 11.6 Å². The highest BCUT2D eigenvalue weighted by atomic mass is 79.9. The van der Waals surface area contributed by atoms with Crippen LogP contribution < -0.4 is 5.32 Å². The minimum atomic E-state index is -0.536. The van der Waals surface area contributed by atoms with Crippen molar-refractivity contribution in [1.29, 1.82) is 0 Å². The van der Waals surface area contributed by atoms with Crippen LogP contribution in [0.1, 0.15) is 44.7 Å². The van der Waals surface area contributed by atoms with E-state index in [0.29, 0.717) is 23.7 Å². The van der Waals surface area contributed by atoms with Gasteiger partial charge in [0.05, 0.1) is 5.75 Å². The fraction of sp³-hybridized carbons (Fsp3) is 0.417. The molecule has 0 saturated heterocycles. The molecule has 0 heterocycles. The van der Waals surface area contributed by atoms with Crippen LogP contribution in [0.2, 0.25) is 5.02 Å². The number of carbonyl (C=O) groups excluding carboxylic acids is 2. The Balaban J connectivity index is 2.14. The molecule has 0 bridgehead atoms. The van der Waals surface area contributed by atoms with Crippen LogP contribution in [-0.2, 0) is 21.9 Å². The van der Waals surface area contributed by atoms with E-state index in [1.807, 2.05) is 69.3 Å². The third kappa shape index (κ3) is 8.17. The van der Waals surface area contributed by atoms with Crippen molar-refractivity contribution < 1.29 is 9.59 Å². The van der Waals surface area contributed by atoms with Gasteiger partial charge in [0.25, 0.3) is 0 Å². The minimum Gasteiger partial charge on any atom is -0.352 e. The highest BCUT2D eigenvalue weighted by Crippen LogP contribution is 2.22. The van der Waals surface area contributed by atoms with Gasteiger partial charge < -0.3 is 10.2 Å². The maximum atomic E-state index is 13.2. The van der Waals surface area contributed by atoms with Gasteiger partial charge >= 0.3 is 0 Å². The number of halogens is 2. The molecular weight excluding hydrogens is 496 g/mol. The molecule has 2 atom stereocenters. The SMILES string of the molecule is CC[C@H](C)NC(=O)[C@H](CC)N(Cc1ccccc1Cl)C(=O)CSCc1ccc(Br)cc1. The zero-order valence-electron chi connectivity index (χ0n) is 18.2. The van der Waals surface area contributed by atoms with Crippen LogP contribution in [0.4, 0.5) is 0 Å². The molecule has 0 radical (unpaired) electrons. The molecule has 0 spiro atoms. The summed E-state index contributed by atoms with van der Waals surface area (Å²) in [6.07, 6.45) is 1.37. The van der Waals surface area contributed by atoms with Gasteiger partial charge in [0.2, 0.25) is 11.8 Å². The van der Waals surface area contributed by atoms with E-state index >= 15 is 0 Å². The molecule has 7 heteroatoms. The van der Waals surface area contributed by atoms with E-state index in [0.717, 1.165) is 27.8 Å². The Morgan fingerprint density at radius 3 is 2.39 bits per heavy atom. The lowest BCUT2D eigenvalue weighted by Gasteiger charge is -2.31. The Labute approximate surface area is 203 Å². The van der Waals surface area contributed by atoms with E-state index in [9.17, 15) is 9.59 Å². The van der Waals surface area contributed by atoms with Crippen molar-refractivity contribution in [2.75, 3.05) is 5.75 Å². The second-order valence-corrected chi connectivity index (χ2v) is 9.78. The van der Waals surface area contributed by atoms with Crippen molar-refractivity contribution in [3.8, 4) is 0 Å². The summed E-state index contributed by atoms with van der Waals surface area (Å²) in [5.41, 5.74) is 1.99. The van der Waals surface area contributed by atoms with Gasteiger partial charge in [-0.1, -0.05) is 71.7 Å². The van der Waals surface area contributed by atoms with Crippen molar-refractivity contribution >= 4 is 51.1 Å². The Kier molecular flexibility index (Phi) is 10.9. The molecule has 4 nitrogen and oxygen atoms in total. The standard InChI is InChI=1S/C24H30BrClN2O2S/c1-4-17(3)27-24(30)22(5-2)28(14-19-8-6-7-9-21(19)26)23(29)16-31-15-18-10-12-20(25)13-11-18/h6-13,17,22H,4-5,14-16H2,1-3H3,(H,27,30)/t17-,22-/m0/s1. The van der Waals surface area contributed by atoms with E-state index in [2.05, 4.69) is 21.2 Å². The topological polar surface area (TPSA) is 49.4 Å². The lowest BCUT2D eigenvalue weighted by atomic mass is 10.1. The zero-order valence-corrected chi connectivity index (χ0v) is 21.4. The molecule has 1 N–H and O–H groups in total.